The molecule has 0 saturated carbocycles. The summed E-state index contributed by atoms with van der Waals surface area (Å²) in [5, 5.41) is 4.45. The average molecular weight is 280 g/mol. The van der Waals surface area contributed by atoms with Crippen LogP contribution in [0.1, 0.15) is 65.0 Å². The van der Waals surface area contributed by atoms with Gasteiger partial charge in [-0.15, -0.1) is 0 Å². The van der Waals surface area contributed by atoms with Gasteiger partial charge in [-0.1, -0.05) is 26.7 Å². The van der Waals surface area contributed by atoms with Crippen LogP contribution < -0.4 is 5.73 Å². The molecule has 116 valence electrons. The zero-order valence-electron chi connectivity index (χ0n) is 13.7. The maximum Gasteiger partial charge on any atom is 0.0538 e. The predicted octanol–water partition coefficient (Wildman–Crippen LogP) is 3.19. The van der Waals surface area contributed by atoms with Crippen molar-refractivity contribution in [2.75, 3.05) is 13.1 Å². The molecule has 0 aliphatic heterocycles. The molecule has 1 unspecified atom stereocenters. The highest BCUT2D eigenvalue weighted by molar-refractivity contribution is 5.11. The van der Waals surface area contributed by atoms with Gasteiger partial charge in [-0.25, -0.2) is 0 Å². The number of hydrogen-bond acceptors (Lipinski definition) is 3. The number of nitrogens with zero attached hydrogens (tertiary/aromatic N) is 3. The van der Waals surface area contributed by atoms with Gasteiger partial charge in [-0.05, 0) is 33.2 Å². The van der Waals surface area contributed by atoms with Gasteiger partial charge in [0, 0.05) is 30.9 Å². The summed E-state index contributed by atoms with van der Waals surface area (Å²) in [4.78, 5) is 2.52. The smallest absolute Gasteiger partial charge is 0.0538 e. The number of aromatic nitrogens is 2. The Balaban J connectivity index is 2.77. The van der Waals surface area contributed by atoms with E-state index >= 15 is 0 Å². The Kier molecular flexibility index (Phi) is 7.85. The minimum atomic E-state index is 0.289. The first-order chi connectivity index (χ1) is 9.63. The monoisotopic (exact) mass is 280 g/mol. The van der Waals surface area contributed by atoms with Crippen molar-refractivity contribution in [3.05, 3.63) is 18.0 Å². The van der Waals surface area contributed by atoms with Crippen molar-refractivity contribution in [3.8, 4) is 0 Å². The number of unbranched alkanes of at least 4 members (excludes halogenated alkanes) is 2. The summed E-state index contributed by atoms with van der Waals surface area (Å²) in [5.41, 5.74) is 7.31. The van der Waals surface area contributed by atoms with Crippen LogP contribution in [-0.2, 0) is 6.54 Å². The fraction of sp³-hybridized carbons (Fsp3) is 0.812. The van der Waals surface area contributed by atoms with E-state index in [4.69, 9.17) is 5.73 Å². The standard InChI is InChI=1S/C16H32N4/c1-5-7-8-10-20(14(3)4)16(11-17)15-12-18-19(13-15)9-6-2/h12-14,16H,5-11,17H2,1-4H3. The van der Waals surface area contributed by atoms with E-state index in [9.17, 15) is 0 Å². The first kappa shape index (κ1) is 17.2. The van der Waals surface area contributed by atoms with Crippen molar-refractivity contribution in [2.24, 2.45) is 5.73 Å². The second-order valence-electron chi connectivity index (χ2n) is 5.83. The van der Waals surface area contributed by atoms with Crippen molar-refractivity contribution >= 4 is 0 Å². The van der Waals surface area contributed by atoms with Gasteiger partial charge in [0.1, 0.15) is 0 Å². The van der Waals surface area contributed by atoms with Crippen LogP contribution in [0.4, 0.5) is 0 Å². The summed E-state index contributed by atoms with van der Waals surface area (Å²) in [5.74, 6) is 0. The van der Waals surface area contributed by atoms with Gasteiger partial charge in [-0.2, -0.15) is 5.10 Å². The van der Waals surface area contributed by atoms with Crippen LogP contribution in [0.25, 0.3) is 0 Å². The van der Waals surface area contributed by atoms with E-state index < -0.39 is 0 Å². The molecule has 2 N–H and O–H groups in total. The van der Waals surface area contributed by atoms with E-state index in [0.717, 1.165) is 19.5 Å². The summed E-state index contributed by atoms with van der Waals surface area (Å²) in [6, 6.07) is 0.799. The van der Waals surface area contributed by atoms with Gasteiger partial charge < -0.3 is 5.73 Å². The SMILES string of the molecule is CCCCCN(C(C)C)C(CN)c1cnn(CCC)c1. The molecule has 1 aromatic heterocycles. The number of nitrogens with two attached hydrogens (primary N) is 1. The van der Waals surface area contributed by atoms with Crippen molar-refractivity contribution in [2.45, 2.75) is 72.0 Å². The quantitative estimate of drug-likeness (QED) is 0.670. The lowest BCUT2D eigenvalue weighted by Crippen LogP contribution is -2.39. The van der Waals surface area contributed by atoms with E-state index in [0.29, 0.717) is 12.6 Å². The molecule has 0 amide bonds. The van der Waals surface area contributed by atoms with Crippen LogP contribution in [0.15, 0.2) is 12.4 Å². The van der Waals surface area contributed by atoms with Crippen LogP contribution in [0.5, 0.6) is 0 Å². The fourth-order valence-corrected chi connectivity index (χ4v) is 2.68. The zero-order valence-corrected chi connectivity index (χ0v) is 13.7. The summed E-state index contributed by atoms with van der Waals surface area (Å²) < 4.78 is 2.03. The lowest BCUT2D eigenvalue weighted by atomic mass is 10.1. The lowest BCUT2D eigenvalue weighted by Gasteiger charge is -2.34. The Morgan fingerprint density at radius 1 is 1.25 bits per heavy atom. The summed E-state index contributed by atoms with van der Waals surface area (Å²) in [6.45, 7) is 11.7. The molecule has 0 aromatic carbocycles. The number of aryl methyl sites for hydroxylation is 1. The van der Waals surface area contributed by atoms with E-state index in [1.165, 1.54) is 24.8 Å². The Morgan fingerprint density at radius 3 is 2.55 bits per heavy atom. The average Bonchev–Trinajstić information content (AvgIpc) is 2.86. The van der Waals surface area contributed by atoms with E-state index in [1.54, 1.807) is 0 Å². The van der Waals surface area contributed by atoms with Crippen LogP contribution in [0.2, 0.25) is 0 Å². The van der Waals surface area contributed by atoms with Crippen LogP contribution in [0, 0.1) is 0 Å². The molecule has 0 aliphatic carbocycles. The third kappa shape index (κ3) is 4.91. The highest BCUT2D eigenvalue weighted by atomic mass is 15.3. The number of rotatable bonds is 10. The predicted molar refractivity (Wildman–Crippen MR) is 85.7 cm³/mol. The molecular formula is C16H32N4. The summed E-state index contributed by atoms with van der Waals surface area (Å²) in [7, 11) is 0. The normalized spacial score (nSPS) is 13.3. The molecule has 0 bridgehead atoms. The van der Waals surface area contributed by atoms with Crippen molar-refractivity contribution < 1.29 is 0 Å². The summed E-state index contributed by atoms with van der Waals surface area (Å²) in [6.07, 6.45) is 9.05. The van der Waals surface area contributed by atoms with Gasteiger partial charge in [0.25, 0.3) is 0 Å². The van der Waals surface area contributed by atoms with Gasteiger partial charge >= 0.3 is 0 Å². The highest BCUT2D eigenvalue weighted by Crippen LogP contribution is 2.22. The molecule has 0 aliphatic rings. The highest BCUT2D eigenvalue weighted by Gasteiger charge is 2.22. The van der Waals surface area contributed by atoms with E-state index in [-0.39, 0.29) is 6.04 Å². The molecule has 4 nitrogen and oxygen atoms in total. The molecular weight excluding hydrogens is 248 g/mol. The minimum Gasteiger partial charge on any atom is -0.329 e. The van der Waals surface area contributed by atoms with Crippen molar-refractivity contribution in [3.63, 3.8) is 0 Å². The molecule has 1 aromatic rings. The topological polar surface area (TPSA) is 47.1 Å². The second kappa shape index (κ2) is 9.14. The maximum absolute atomic E-state index is 6.05. The molecule has 0 radical (unpaired) electrons. The molecule has 4 heteroatoms. The third-order valence-corrected chi connectivity index (χ3v) is 3.80. The zero-order chi connectivity index (χ0) is 15.0. The van der Waals surface area contributed by atoms with Crippen LogP contribution in [-0.4, -0.2) is 33.8 Å². The van der Waals surface area contributed by atoms with Gasteiger partial charge in [0.05, 0.1) is 12.2 Å². The Morgan fingerprint density at radius 2 is 2.00 bits per heavy atom. The van der Waals surface area contributed by atoms with E-state index in [1.807, 2.05) is 10.9 Å². The molecule has 0 fully saturated rings. The number of hydrogen-bond donors (Lipinski definition) is 1. The van der Waals surface area contributed by atoms with Crippen LogP contribution >= 0.6 is 0 Å². The second-order valence-corrected chi connectivity index (χ2v) is 5.83. The maximum atomic E-state index is 6.05. The first-order valence-corrected chi connectivity index (χ1v) is 8.12. The molecule has 1 atom stereocenters. The van der Waals surface area contributed by atoms with Crippen LogP contribution in [0.3, 0.4) is 0 Å². The fourth-order valence-electron chi connectivity index (χ4n) is 2.68. The lowest BCUT2D eigenvalue weighted by molar-refractivity contribution is 0.154. The largest absolute Gasteiger partial charge is 0.329 e. The van der Waals surface area contributed by atoms with Crippen molar-refractivity contribution in [1.82, 2.24) is 14.7 Å². The first-order valence-electron chi connectivity index (χ1n) is 8.12. The Labute approximate surface area is 124 Å². The third-order valence-electron chi connectivity index (χ3n) is 3.80. The molecule has 20 heavy (non-hydrogen) atoms. The molecule has 1 rings (SSSR count). The minimum absolute atomic E-state index is 0.289. The van der Waals surface area contributed by atoms with E-state index in [2.05, 4.69) is 43.9 Å². The molecule has 1 heterocycles. The molecule has 0 spiro atoms. The van der Waals surface area contributed by atoms with Crippen molar-refractivity contribution in [1.29, 1.82) is 0 Å². The van der Waals surface area contributed by atoms with Gasteiger partial charge in [0.15, 0.2) is 0 Å². The summed E-state index contributed by atoms with van der Waals surface area (Å²) >= 11 is 0. The Hall–Kier alpha value is -0.870. The van der Waals surface area contributed by atoms with Gasteiger partial charge in [0.2, 0.25) is 0 Å². The Bertz CT molecular complexity index is 359. The van der Waals surface area contributed by atoms with Gasteiger partial charge in [-0.3, -0.25) is 9.58 Å². The molecule has 0 saturated heterocycles.